The van der Waals surface area contributed by atoms with Crippen molar-refractivity contribution >= 4 is 14.5 Å². The van der Waals surface area contributed by atoms with Gasteiger partial charge in [-0.05, 0) is 0 Å². The monoisotopic (exact) mass is 78.0 g/mol. The number of rotatable bonds is 0. The Morgan fingerprint density at radius 3 is 1.50 bits per heavy atom. The molecule has 0 aromatic carbocycles. The third-order valence-corrected chi connectivity index (χ3v) is 0. The lowest BCUT2D eigenvalue weighted by atomic mass is 11.5. The van der Waals surface area contributed by atoms with Gasteiger partial charge in [0.15, 0.2) is 5.67 Å². The first-order valence-electron chi connectivity index (χ1n) is 0.697. The Hall–Kier alpha value is 0.0900. The molecule has 0 spiro atoms. The van der Waals surface area contributed by atoms with Gasteiger partial charge >= 0.3 is 0 Å². The van der Waals surface area contributed by atoms with Crippen LogP contribution in [0, 0.1) is 0 Å². The highest BCUT2D eigenvalue weighted by Gasteiger charge is 1.56. The van der Waals surface area contributed by atoms with Gasteiger partial charge in [0.1, 0.15) is 0 Å². The SMILES string of the molecule is OC(O)=P. The van der Waals surface area contributed by atoms with Crippen molar-refractivity contribution in [2.24, 2.45) is 0 Å². The maximum Gasteiger partial charge on any atom is 0.197 e. The van der Waals surface area contributed by atoms with Gasteiger partial charge in [0.05, 0.1) is 0 Å². The van der Waals surface area contributed by atoms with E-state index in [0.29, 0.717) is 0 Å². The predicted octanol–water partition coefficient (Wildman–Crippen LogP) is -0.0384. The van der Waals surface area contributed by atoms with Crippen molar-refractivity contribution < 1.29 is 10.2 Å². The van der Waals surface area contributed by atoms with E-state index in [1.807, 2.05) is 0 Å². The van der Waals surface area contributed by atoms with Crippen LogP contribution in [0.2, 0.25) is 0 Å². The lowest BCUT2D eigenvalue weighted by molar-refractivity contribution is 0.385. The molecular formula is CH3O2P. The highest BCUT2D eigenvalue weighted by molar-refractivity contribution is 7.19. The summed E-state index contributed by atoms with van der Waals surface area (Å²) in [7, 11) is 2.34. The average molecular weight is 78.0 g/mol. The zero-order valence-corrected chi connectivity index (χ0v) is 2.89. The van der Waals surface area contributed by atoms with Gasteiger partial charge in [0, 0.05) is 0 Å². The molecule has 0 radical (unpaired) electrons. The van der Waals surface area contributed by atoms with Gasteiger partial charge < -0.3 is 10.2 Å². The van der Waals surface area contributed by atoms with Gasteiger partial charge in [-0.15, -0.1) is 0 Å². The van der Waals surface area contributed by atoms with Crippen molar-refractivity contribution in [3.05, 3.63) is 0 Å². The maximum absolute atomic E-state index is 7.44. The molecular weight excluding hydrogens is 75.0 g/mol. The van der Waals surface area contributed by atoms with E-state index in [9.17, 15) is 0 Å². The fraction of sp³-hybridized carbons (Fsp3) is 0. The van der Waals surface area contributed by atoms with Crippen molar-refractivity contribution in [1.29, 1.82) is 0 Å². The molecule has 0 heterocycles. The molecule has 0 unspecified atom stereocenters. The van der Waals surface area contributed by atoms with Crippen LogP contribution in [0.4, 0.5) is 0 Å². The first kappa shape index (κ1) is 4.09. The smallest absolute Gasteiger partial charge is 0.197 e. The largest absolute Gasteiger partial charge is 0.338 e. The molecule has 2 N–H and O–H groups in total. The van der Waals surface area contributed by atoms with Gasteiger partial charge in [0.25, 0.3) is 0 Å². The van der Waals surface area contributed by atoms with Crippen molar-refractivity contribution in [3.63, 3.8) is 0 Å². The third kappa shape index (κ3) is 307. The molecule has 0 aromatic rings. The minimum absolute atomic E-state index is 0.778. The van der Waals surface area contributed by atoms with Crippen LogP contribution in [0.5, 0.6) is 0 Å². The second-order valence-corrected chi connectivity index (χ2v) is 0.771. The van der Waals surface area contributed by atoms with E-state index in [4.69, 9.17) is 10.2 Å². The molecule has 0 aliphatic heterocycles. The molecule has 24 valence electrons. The maximum atomic E-state index is 7.44. The van der Waals surface area contributed by atoms with Crippen LogP contribution >= 0.6 is 8.86 Å². The van der Waals surface area contributed by atoms with Crippen molar-refractivity contribution in [3.8, 4) is 0 Å². The minimum atomic E-state index is -0.778. The fourth-order valence-electron chi connectivity index (χ4n) is 0. The van der Waals surface area contributed by atoms with Crippen LogP contribution in [-0.2, 0) is 0 Å². The quantitative estimate of drug-likeness (QED) is 0.399. The van der Waals surface area contributed by atoms with Crippen molar-refractivity contribution in [2.45, 2.75) is 0 Å². The Kier molecular flexibility index (Phi) is 1.45. The Labute approximate surface area is 25.9 Å². The molecule has 0 aromatic heterocycles. The summed E-state index contributed by atoms with van der Waals surface area (Å²) < 4.78 is 0. The first-order chi connectivity index (χ1) is 1.73. The van der Waals surface area contributed by atoms with Crippen molar-refractivity contribution in [2.75, 3.05) is 0 Å². The lowest BCUT2D eigenvalue weighted by Gasteiger charge is -1.65. The zero-order chi connectivity index (χ0) is 3.58. The number of aliphatic hydroxyl groups excluding tert-OH is 1. The topological polar surface area (TPSA) is 40.5 Å². The summed E-state index contributed by atoms with van der Waals surface area (Å²) in [4.78, 5) is 0. The molecule has 2 nitrogen and oxygen atoms in total. The zero-order valence-electron chi connectivity index (χ0n) is 1.89. The highest BCUT2D eigenvalue weighted by atomic mass is 31.0. The normalized spacial score (nSPS) is 6.50. The standard InChI is InChI=1S/CH3O2P/c2-1(3)4/h2-4H. The molecule has 0 saturated carbocycles. The molecule has 0 amide bonds. The predicted molar refractivity (Wildman–Crippen MR) is 17.2 cm³/mol. The Bertz CT molecular complexity index is 29.0. The van der Waals surface area contributed by atoms with Gasteiger partial charge in [-0.25, -0.2) is 0 Å². The summed E-state index contributed by atoms with van der Waals surface area (Å²) >= 11 is 0. The van der Waals surface area contributed by atoms with Crippen LogP contribution in [0.3, 0.4) is 0 Å². The third-order valence-electron chi connectivity index (χ3n) is 0. The number of hydrogen-bond acceptors (Lipinski definition) is 0. The van der Waals surface area contributed by atoms with E-state index in [0.717, 1.165) is 0 Å². The number of aliphatic hydroxyl groups is 2. The Morgan fingerprint density at radius 2 is 1.50 bits per heavy atom. The van der Waals surface area contributed by atoms with E-state index < -0.39 is 5.67 Å². The summed E-state index contributed by atoms with van der Waals surface area (Å²) in [5.74, 6) is 0. The van der Waals surface area contributed by atoms with Gasteiger partial charge in [-0.3, -0.25) is 0 Å². The molecule has 3 heteroatoms. The molecule has 0 saturated heterocycles. The van der Waals surface area contributed by atoms with Crippen LogP contribution in [0.15, 0.2) is 0 Å². The summed E-state index contributed by atoms with van der Waals surface area (Å²) in [6, 6.07) is 0. The molecule has 0 fully saturated rings. The average Bonchev–Trinajstić information content (AvgIpc) is 0.811. The first-order valence-corrected chi connectivity index (χ1v) is 1.20. The van der Waals surface area contributed by atoms with Gasteiger partial charge in [0.2, 0.25) is 0 Å². The van der Waals surface area contributed by atoms with E-state index in [-0.39, 0.29) is 0 Å². The van der Waals surface area contributed by atoms with Gasteiger partial charge in [-0.2, -0.15) is 0 Å². The van der Waals surface area contributed by atoms with Crippen LogP contribution in [0.1, 0.15) is 0 Å². The molecule has 4 heavy (non-hydrogen) atoms. The van der Waals surface area contributed by atoms with Crippen LogP contribution in [-0.4, -0.2) is 15.9 Å². The molecule has 0 aliphatic rings. The second-order valence-electron chi connectivity index (χ2n) is 0.324. The van der Waals surface area contributed by atoms with E-state index in [1.165, 1.54) is 0 Å². The van der Waals surface area contributed by atoms with Crippen molar-refractivity contribution in [1.82, 2.24) is 0 Å². The molecule has 0 aliphatic carbocycles. The highest BCUT2D eigenvalue weighted by Crippen LogP contribution is 1.55. The van der Waals surface area contributed by atoms with Gasteiger partial charge in [-0.1, -0.05) is 8.86 Å². The summed E-state index contributed by atoms with van der Waals surface area (Å²) in [5.41, 5.74) is -0.778. The van der Waals surface area contributed by atoms with E-state index in [1.54, 1.807) is 0 Å². The molecule has 0 atom stereocenters. The van der Waals surface area contributed by atoms with Crippen LogP contribution in [0.25, 0.3) is 0 Å². The van der Waals surface area contributed by atoms with Crippen LogP contribution < -0.4 is 0 Å². The fourth-order valence-corrected chi connectivity index (χ4v) is 0. The Balaban J connectivity index is 2.80. The summed E-state index contributed by atoms with van der Waals surface area (Å²) in [5, 5.41) is 14.9. The van der Waals surface area contributed by atoms with E-state index >= 15 is 0 Å². The van der Waals surface area contributed by atoms with E-state index in [2.05, 4.69) is 8.86 Å². The number of hydrogen-bond donors (Lipinski definition) is 2. The molecule has 0 rings (SSSR count). The lowest BCUT2D eigenvalue weighted by Crippen LogP contribution is -1.79. The Morgan fingerprint density at radius 1 is 1.50 bits per heavy atom. The minimum Gasteiger partial charge on any atom is -0.338 e. The second kappa shape index (κ2) is 1.41. The summed E-state index contributed by atoms with van der Waals surface area (Å²) in [6.45, 7) is 0. The summed E-state index contributed by atoms with van der Waals surface area (Å²) in [6.07, 6.45) is 0. The molecule has 0 bridgehead atoms.